The monoisotopic (exact) mass is 486 g/mol. The van der Waals surface area contributed by atoms with Gasteiger partial charge in [-0.15, -0.1) is 0 Å². The maximum absolute atomic E-state index is 12.0. The number of nitrogens with zero attached hydrogens (tertiary/aromatic N) is 1. The van der Waals surface area contributed by atoms with Gasteiger partial charge in [0.25, 0.3) is 5.56 Å². The van der Waals surface area contributed by atoms with Gasteiger partial charge in [-0.05, 0) is 70.6 Å². The van der Waals surface area contributed by atoms with E-state index in [1.165, 1.54) is 6.21 Å². The van der Waals surface area contributed by atoms with Crippen molar-refractivity contribution in [3.8, 4) is 23.0 Å². The number of aromatic amines is 1. The Bertz CT molecular complexity index is 1240. The smallest absolute Gasteiger partial charge is 0.258 e. The number of benzene rings is 2. The number of rotatable bonds is 4. The lowest BCUT2D eigenvalue weighted by Crippen LogP contribution is -2.08. The van der Waals surface area contributed by atoms with Crippen LogP contribution in [-0.4, -0.2) is 21.4 Å². The highest BCUT2D eigenvalue weighted by atomic mass is 127. The molecule has 140 valence electrons. The summed E-state index contributed by atoms with van der Waals surface area (Å²) in [6.45, 7) is 0.302. The van der Waals surface area contributed by atoms with E-state index in [9.17, 15) is 15.0 Å². The maximum atomic E-state index is 12.0. The molecule has 0 atom stereocenters. The molecule has 0 spiro atoms. The van der Waals surface area contributed by atoms with E-state index in [4.69, 9.17) is 4.42 Å². The Labute approximate surface area is 173 Å². The van der Waals surface area contributed by atoms with Crippen LogP contribution >= 0.6 is 22.6 Å². The molecule has 0 aliphatic rings. The van der Waals surface area contributed by atoms with Crippen molar-refractivity contribution in [2.24, 2.45) is 4.99 Å². The molecule has 4 aromatic rings. The molecule has 0 radical (unpaired) electrons. The second-order valence-corrected chi connectivity index (χ2v) is 7.45. The fourth-order valence-electron chi connectivity index (χ4n) is 3.00. The molecule has 3 N–H and O–H groups in total. The normalized spacial score (nSPS) is 11.5. The summed E-state index contributed by atoms with van der Waals surface area (Å²) < 4.78 is 6.25. The SMILES string of the molecule is O=c1[nH]c(O)c(C=NCc2ccc(-c3ccco3)c(O)c2)c2cc(I)ccc12. The fraction of sp³-hybridized carbons (Fsp3) is 0.0476. The number of nitrogens with one attached hydrogen (secondary N) is 1. The largest absolute Gasteiger partial charge is 0.507 e. The lowest BCUT2D eigenvalue weighted by Gasteiger charge is -2.06. The van der Waals surface area contributed by atoms with E-state index in [1.807, 2.05) is 18.2 Å². The molecule has 2 aromatic heterocycles. The molecule has 0 aliphatic carbocycles. The first-order chi connectivity index (χ1) is 13.5. The Kier molecular flexibility index (Phi) is 4.91. The van der Waals surface area contributed by atoms with Gasteiger partial charge in [0.2, 0.25) is 5.88 Å². The third kappa shape index (κ3) is 3.53. The molecule has 0 fully saturated rings. The number of aromatic hydroxyl groups is 2. The summed E-state index contributed by atoms with van der Waals surface area (Å²) in [5.74, 6) is 0.473. The van der Waals surface area contributed by atoms with Crippen LogP contribution in [0.1, 0.15) is 11.1 Å². The number of aliphatic imine (C=N–C) groups is 1. The molecule has 28 heavy (non-hydrogen) atoms. The standard InChI is InChI=1S/C21H15IN2O4/c22-13-4-6-14-16(9-13)17(21(27)24-20(14)26)11-23-10-12-3-5-15(18(25)8-12)19-2-1-7-28-19/h1-9,11,25H,10H2,(H2,24,26,27). The van der Waals surface area contributed by atoms with Crippen LogP contribution in [0.4, 0.5) is 0 Å². The molecule has 4 rings (SSSR count). The number of hydrogen-bond acceptors (Lipinski definition) is 5. The topological polar surface area (TPSA) is 98.8 Å². The minimum Gasteiger partial charge on any atom is -0.507 e. The highest BCUT2D eigenvalue weighted by molar-refractivity contribution is 14.1. The van der Waals surface area contributed by atoms with Gasteiger partial charge in [0, 0.05) is 20.6 Å². The lowest BCUT2D eigenvalue weighted by molar-refractivity contribution is 0.452. The summed E-state index contributed by atoms with van der Waals surface area (Å²) >= 11 is 2.15. The number of phenolic OH excluding ortho intramolecular Hbond substituents is 1. The van der Waals surface area contributed by atoms with Crippen molar-refractivity contribution in [1.29, 1.82) is 0 Å². The van der Waals surface area contributed by atoms with Crippen LogP contribution in [0.15, 0.2) is 69.0 Å². The summed E-state index contributed by atoms with van der Waals surface area (Å²) in [4.78, 5) is 18.8. The average Bonchev–Trinajstić information content (AvgIpc) is 3.18. The quantitative estimate of drug-likeness (QED) is 0.294. The molecule has 0 saturated carbocycles. The molecule has 2 aromatic carbocycles. The van der Waals surface area contributed by atoms with Crippen LogP contribution in [0.3, 0.4) is 0 Å². The number of fused-ring (bicyclic) bond motifs is 1. The van der Waals surface area contributed by atoms with Crippen molar-refractivity contribution < 1.29 is 14.6 Å². The summed E-state index contributed by atoms with van der Waals surface area (Å²) in [5, 5.41) is 21.5. The Hall–Kier alpha value is -3.07. The van der Waals surface area contributed by atoms with E-state index >= 15 is 0 Å². The van der Waals surface area contributed by atoms with Crippen molar-refractivity contribution in [1.82, 2.24) is 4.98 Å². The zero-order chi connectivity index (χ0) is 19.7. The summed E-state index contributed by atoms with van der Waals surface area (Å²) in [6, 6.07) is 14.2. The van der Waals surface area contributed by atoms with Crippen LogP contribution in [0.2, 0.25) is 0 Å². The highest BCUT2D eigenvalue weighted by Gasteiger charge is 2.10. The van der Waals surface area contributed by atoms with Gasteiger partial charge in [-0.3, -0.25) is 14.8 Å². The number of phenols is 1. The van der Waals surface area contributed by atoms with E-state index < -0.39 is 0 Å². The average molecular weight is 486 g/mol. The number of halogens is 1. The Morgan fingerprint density at radius 2 is 1.96 bits per heavy atom. The van der Waals surface area contributed by atoms with Gasteiger partial charge < -0.3 is 14.6 Å². The molecule has 0 saturated heterocycles. The first kappa shape index (κ1) is 18.3. The second-order valence-electron chi connectivity index (χ2n) is 6.20. The highest BCUT2D eigenvalue weighted by Crippen LogP contribution is 2.30. The predicted molar refractivity (Wildman–Crippen MR) is 116 cm³/mol. The van der Waals surface area contributed by atoms with Gasteiger partial charge in [0.15, 0.2) is 0 Å². The number of hydrogen-bond donors (Lipinski definition) is 3. The zero-order valence-electron chi connectivity index (χ0n) is 14.5. The van der Waals surface area contributed by atoms with Gasteiger partial charge in [0.1, 0.15) is 11.5 Å². The number of pyridine rings is 1. The van der Waals surface area contributed by atoms with E-state index in [0.717, 1.165) is 9.13 Å². The summed E-state index contributed by atoms with van der Waals surface area (Å²) in [6.07, 6.45) is 3.08. The molecule has 2 heterocycles. The fourth-order valence-corrected chi connectivity index (χ4v) is 3.49. The molecule has 0 bridgehead atoms. The van der Waals surface area contributed by atoms with E-state index in [1.54, 1.807) is 36.6 Å². The Morgan fingerprint density at radius 3 is 2.71 bits per heavy atom. The van der Waals surface area contributed by atoms with Crippen LogP contribution in [0, 0.1) is 3.57 Å². The van der Waals surface area contributed by atoms with E-state index in [-0.39, 0.29) is 17.2 Å². The summed E-state index contributed by atoms with van der Waals surface area (Å²) in [5.41, 5.74) is 1.51. The molecular weight excluding hydrogens is 471 g/mol. The minimum atomic E-state index is -0.348. The third-order valence-electron chi connectivity index (χ3n) is 4.35. The molecule has 6 nitrogen and oxygen atoms in total. The van der Waals surface area contributed by atoms with Crippen molar-refractivity contribution >= 4 is 39.6 Å². The predicted octanol–water partition coefficient (Wildman–Crippen LogP) is 4.42. The van der Waals surface area contributed by atoms with E-state index in [2.05, 4.69) is 32.6 Å². The minimum absolute atomic E-state index is 0.106. The van der Waals surface area contributed by atoms with Crippen molar-refractivity contribution in [3.63, 3.8) is 0 Å². The first-order valence-corrected chi connectivity index (χ1v) is 9.51. The number of aromatic nitrogens is 1. The zero-order valence-corrected chi connectivity index (χ0v) is 16.7. The van der Waals surface area contributed by atoms with Crippen LogP contribution in [-0.2, 0) is 6.54 Å². The van der Waals surface area contributed by atoms with Gasteiger partial charge in [-0.1, -0.05) is 6.07 Å². The number of H-pyrrole nitrogens is 1. The molecule has 0 unspecified atom stereocenters. The third-order valence-corrected chi connectivity index (χ3v) is 5.02. The van der Waals surface area contributed by atoms with Gasteiger partial charge in [-0.2, -0.15) is 0 Å². The van der Waals surface area contributed by atoms with Crippen molar-refractivity contribution in [3.05, 3.63) is 79.8 Å². The van der Waals surface area contributed by atoms with Crippen molar-refractivity contribution in [2.45, 2.75) is 6.54 Å². The summed E-state index contributed by atoms with van der Waals surface area (Å²) in [7, 11) is 0. The van der Waals surface area contributed by atoms with Crippen LogP contribution in [0.5, 0.6) is 11.6 Å². The first-order valence-electron chi connectivity index (χ1n) is 8.43. The Balaban J connectivity index is 1.63. The van der Waals surface area contributed by atoms with Crippen LogP contribution < -0.4 is 5.56 Å². The molecule has 0 aliphatic heterocycles. The van der Waals surface area contributed by atoms with Crippen LogP contribution in [0.25, 0.3) is 22.1 Å². The lowest BCUT2D eigenvalue weighted by atomic mass is 10.1. The number of furan rings is 1. The molecular formula is C21H15IN2O4. The second kappa shape index (κ2) is 7.51. The molecule has 0 amide bonds. The van der Waals surface area contributed by atoms with Gasteiger partial charge in [0.05, 0.1) is 23.9 Å². The molecule has 7 heteroatoms. The van der Waals surface area contributed by atoms with Crippen molar-refractivity contribution in [2.75, 3.05) is 0 Å². The van der Waals surface area contributed by atoms with E-state index in [0.29, 0.717) is 34.2 Å². The maximum Gasteiger partial charge on any atom is 0.258 e. The Morgan fingerprint density at radius 1 is 1.11 bits per heavy atom. The van der Waals surface area contributed by atoms with Gasteiger partial charge in [-0.25, -0.2) is 0 Å². The van der Waals surface area contributed by atoms with Gasteiger partial charge >= 0.3 is 0 Å².